The monoisotopic (exact) mass is 253 g/mol. The molecule has 4 nitrogen and oxygen atoms in total. The first-order valence-corrected chi connectivity index (χ1v) is 5.92. The van der Waals surface area contributed by atoms with Gasteiger partial charge in [0, 0.05) is 23.7 Å². The van der Waals surface area contributed by atoms with Crippen molar-refractivity contribution in [3.8, 4) is 5.75 Å². The Balaban J connectivity index is 2.88. The van der Waals surface area contributed by atoms with Crippen molar-refractivity contribution < 1.29 is 13.6 Å². The molecule has 0 aliphatic heterocycles. The van der Waals surface area contributed by atoms with Crippen LogP contribution in [0.5, 0.6) is 5.75 Å². The van der Waals surface area contributed by atoms with Crippen LogP contribution >= 0.6 is 0 Å². The van der Waals surface area contributed by atoms with Crippen molar-refractivity contribution in [1.82, 2.24) is 9.80 Å². The van der Waals surface area contributed by atoms with Gasteiger partial charge in [0.25, 0.3) is 0 Å². The molecular weight excluding hydrogens is 228 g/mol. The highest BCUT2D eigenvalue weighted by atomic mass is 16.6. The van der Waals surface area contributed by atoms with Crippen LogP contribution in [-0.2, 0) is 0 Å². The van der Waals surface area contributed by atoms with E-state index in [0.717, 1.165) is 5.56 Å². The summed E-state index contributed by atoms with van der Waals surface area (Å²) in [4.78, 5) is 14.5. The number of carbonyl (C=O) groups is 1. The van der Waals surface area contributed by atoms with Crippen molar-refractivity contribution in [2.45, 2.75) is 19.9 Å². The van der Waals surface area contributed by atoms with Gasteiger partial charge in [-0.05, 0) is 45.6 Å². The van der Waals surface area contributed by atoms with Gasteiger partial charge >= 0.3 is 6.09 Å². The Morgan fingerprint density at radius 1 is 1.50 bits per heavy atom. The molecule has 18 heavy (non-hydrogen) atoms. The third-order valence-electron chi connectivity index (χ3n) is 2.91. The average molecular weight is 253 g/mol. The summed E-state index contributed by atoms with van der Waals surface area (Å²) in [5.41, 5.74) is 0.776. The molecule has 0 N–H and O–H groups in total. The van der Waals surface area contributed by atoms with Gasteiger partial charge in [-0.3, -0.25) is 0 Å². The van der Waals surface area contributed by atoms with Crippen LogP contribution in [0.3, 0.4) is 0 Å². The molecule has 0 heterocycles. The van der Waals surface area contributed by atoms with Crippen molar-refractivity contribution in [3.63, 3.8) is 0 Å². The van der Waals surface area contributed by atoms with Gasteiger partial charge in [-0.2, -0.15) is 0 Å². The number of carbonyl (C=O) groups excluding carboxylic acids is 1. The van der Waals surface area contributed by atoms with Gasteiger partial charge in [-0.15, -0.1) is 0 Å². The fourth-order valence-corrected chi connectivity index (χ4v) is 1.37. The number of rotatable bonds is 4. The lowest BCUT2D eigenvalue weighted by Gasteiger charge is -2.21. The normalized spacial score (nSPS) is 15.5. The van der Waals surface area contributed by atoms with E-state index in [1.165, 1.54) is 9.80 Å². The first-order chi connectivity index (χ1) is 9.66. The van der Waals surface area contributed by atoms with Gasteiger partial charge in [0.1, 0.15) is 5.75 Å². The fourth-order valence-electron chi connectivity index (χ4n) is 1.37. The molecule has 0 saturated carbocycles. The van der Waals surface area contributed by atoms with Gasteiger partial charge in [-0.25, -0.2) is 4.79 Å². The van der Waals surface area contributed by atoms with Crippen molar-refractivity contribution in [2.75, 3.05) is 27.6 Å². The molecule has 0 bridgehead atoms. The van der Waals surface area contributed by atoms with E-state index in [1.54, 1.807) is 39.2 Å². The molecule has 4 heteroatoms. The fraction of sp³-hybridized carbons (Fsp3) is 0.500. The summed E-state index contributed by atoms with van der Waals surface area (Å²) in [6, 6.07) is 6.60. The zero-order chi connectivity index (χ0) is 16.2. The quantitative estimate of drug-likeness (QED) is 0.827. The molecule has 0 aliphatic rings. The SMILES string of the molecule is [2H]C([2H])([2H])N(C)[C@@H](C)c1cccc(OC(=O)N(C)CC)c1. The van der Waals surface area contributed by atoms with Gasteiger partial charge in [0.15, 0.2) is 0 Å². The minimum Gasteiger partial charge on any atom is -0.410 e. The molecule has 0 radical (unpaired) electrons. The number of nitrogens with zero attached hydrogens (tertiary/aromatic N) is 2. The second-order valence-electron chi connectivity index (χ2n) is 4.24. The molecule has 1 atom stereocenters. The largest absolute Gasteiger partial charge is 0.414 e. The zero-order valence-electron chi connectivity index (χ0n) is 14.3. The number of hydrogen-bond acceptors (Lipinski definition) is 3. The molecule has 1 aromatic carbocycles. The molecule has 0 aliphatic carbocycles. The predicted molar refractivity (Wildman–Crippen MR) is 72.9 cm³/mol. The first kappa shape index (κ1) is 10.4. The molecule has 1 aromatic rings. The van der Waals surface area contributed by atoms with Crippen LogP contribution in [-0.4, -0.2) is 43.5 Å². The van der Waals surface area contributed by atoms with Crippen LogP contribution in [0.25, 0.3) is 0 Å². The summed E-state index contributed by atoms with van der Waals surface area (Å²) in [5.74, 6) is 0.406. The van der Waals surface area contributed by atoms with Gasteiger partial charge in [0.2, 0.25) is 0 Å². The highest BCUT2D eigenvalue weighted by Crippen LogP contribution is 2.22. The van der Waals surface area contributed by atoms with Crippen LogP contribution in [0.1, 0.15) is 29.6 Å². The first-order valence-electron chi connectivity index (χ1n) is 7.42. The maximum Gasteiger partial charge on any atom is 0.414 e. The van der Waals surface area contributed by atoms with E-state index in [0.29, 0.717) is 12.3 Å². The maximum atomic E-state index is 11.7. The van der Waals surface area contributed by atoms with E-state index < -0.39 is 13.1 Å². The van der Waals surface area contributed by atoms with Gasteiger partial charge in [0.05, 0.1) is 0 Å². The third kappa shape index (κ3) is 3.74. The molecule has 100 valence electrons. The van der Waals surface area contributed by atoms with Crippen molar-refractivity contribution in [3.05, 3.63) is 29.8 Å². The van der Waals surface area contributed by atoms with Crippen LogP contribution < -0.4 is 4.74 Å². The summed E-state index contributed by atoms with van der Waals surface area (Å²) >= 11 is 0. The lowest BCUT2D eigenvalue weighted by atomic mass is 10.1. The Kier molecular flexibility index (Phi) is 3.69. The van der Waals surface area contributed by atoms with Crippen LogP contribution in [0, 0.1) is 0 Å². The molecule has 0 saturated heterocycles. The van der Waals surface area contributed by atoms with Gasteiger partial charge in [-0.1, -0.05) is 12.1 Å². The topological polar surface area (TPSA) is 32.8 Å². The van der Waals surface area contributed by atoms with E-state index in [1.807, 2.05) is 13.0 Å². The summed E-state index contributed by atoms with van der Waals surface area (Å²) in [6.45, 7) is 2.03. The minimum atomic E-state index is -2.17. The summed E-state index contributed by atoms with van der Waals surface area (Å²) in [7, 11) is 3.19. The Hall–Kier alpha value is -1.55. The smallest absolute Gasteiger partial charge is 0.410 e. The predicted octanol–water partition coefficient (Wildman–Crippen LogP) is 2.76. The highest BCUT2D eigenvalue weighted by Gasteiger charge is 2.12. The molecule has 1 rings (SSSR count). The van der Waals surface area contributed by atoms with Crippen LogP contribution in [0.2, 0.25) is 0 Å². The highest BCUT2D eigenvalue weighted by molar-refractivity contribution is 5.70. The van der Waals surface area contributed by atoms with Crippen LogP contribution in [0.4, 0.5) is 4.79 Å². The Labute approximate surface area is 113 Å². The lowest BCUT2D eigenvalue weighted by molar-refractivity contribution is 0.165. The Bertz CT molecular complexity index is 491. The van der Waals surface area contributed by atoms with E-state index in [2.05, 4.69) is 0 Å². The van der Waals surface area contributed by atoms with Crippen molar-refractivity contribution in [1.29, 1.82) is 0 Å². The number of amides is 1. The number of benzene rings is 1. The number of ether oxygens (including phenoxy) is 1. The average Bonchev–Trinajstić information content (AvgIpc) is 2.44. The van der Waals surface area contributed by atoms with Crippen molar-refractivity contribution in [2.24, 2.45) is 0 Å². The summed E-state index contributed by atoms with van der Waals surface area (Å²) < 4.78 is 27.5. The second kappa shape index (κ2) is 6.40. The van der Waals surface area contributed by atoms with Crippen LogP contribution in [0.15, 0.2) is 24.3 Å². The molecule has 0 aromatic heterocycles. The lowest BCUT2D eigenvalue weighted by Crippen LogP contribution is -2.29. The minimum absolute atomic E-state index is 0.319. The standard InChI is InChI=1S/C14H22N2O2/c1-6-16(5)14(17)18-13-9-7-8-12(10-13)11(2)15(3)4/h7-11H,6H2,1-5H3/t11-/m0/s1/i3D3. The van der Waals surface area contributed by atoms with Gasteiger partial charge < -0.3 is 14.5 Å². The van der Waals surface area contributed by atoms with Crippen molar-refractivity contribution >= 4 is 6.09 Å². The Morgan fingerprint density at radius 3 is 2.83 bits per heavy atom. The van der Waals surface area contributed by atoms with E-state index in [4.69, 9.17) is 8.85 Å². The molecule has 0 spiro atoms. The van der Waals surface area contributed by atoms with E-state index in [-0.39, 0.29) is 6.04 Å². The summed E-state index contributed by atoms with van der Waals surface area (Å²) in [5, 5.41) is 0. The molecule has 1 amide bonds. The van der Waals surface area contributed by atoms with E-state index in [9.17, 15) is 4.79 Å². The maximum absolute atomic E-state index is 11.7. The molecule has 0 unspecified atom stereocenters. The number of hydrogen-bond donors (Lipinski definition) is 0. The zero-order valence-corrected chi connectivity index (χ0v) is 11.3. The second-order valence-corrected chi connectivity index (χ2v) is 4.24. The Morgan fingerprint density at radius 2 is 2.22 bits per heavy atom. The molecular formula is C14H22N2O2. The third-order valence-corrected chi connectivity index (χ3v) is 2.91. The molecule has 0 fully saturated rings. The van der Waals surface area contributed by atoms with E-state index >= 15 is 0 Å². The summed E-state index contributed by atoms with van der Waals surface area (Å²) in [6.07, 6.45) is -0.438.